The van der Waals surface area contributed by atoms with Gasteiger partial charge in [0, 0.05) is 6.04 Å². The van der Waals surface area contributed by atoms with Gasteiger partial charge in [0.15, 0.2) is 0 Å². The predicted molar refractivity (Wildman–Crippen MR) is 62.1 cm³/mol. The van der Waals surface area contributed by atoms with E-state index in [1.165, 1.54) is 0 Å². The van der Waals surface area contributed by atoms with Gasteiger partial charge >= 0.3 is 5.97 Å². The van der Waals surface area contributed by atoms with E-state index in [0.29, 0.717) is 6.54 Å². The van der Waals surface area contributed by atoms with Crippen LogP contribution in [0, 0.1) is 0 Å². The monoisotopic (exact) mass is 229 g/mol. The number of aliphatic hydroxyl groups is 1. The maximum absolute atomic E-state index is 11.6. The molecule has 0 radical (unpaired) electrons. The minimum atomic E-state index is -0.429. The molecule has 1 aliphatic rings. The summed E-state index contributed by atoms with van der Waals surface area (Å²) >= 11 is 0. The summed E-state index contributed by atoms with van der Waals surface area (Å²) in [6.07, 6.45) is 3.20. The summed E-state index contributed by atoms with van der Waals surface area (Å²) in [5, 5.41) is 9.21. The van der Waals surface area contributed by atoms with E-state index in [-0.39, 0.29) is 18.6 Å². The minimum absolute atomic E-state index is 0.126. The van der Waals surface area contributed by atoms with Crippen LogP contribution in [0.5, 0.6) is 0 Å². The summed E-state index contributed by atoms with van der Waals surface area (Å²) < 4.78 is 5.27. The summed E-state index contributed by atoms with van der Waals surface area (Å²) in [4.78, 5) is 13.7. The van der Waals surface area contributed by atoms with Crippen LogP contribution in [0.3, 0.4) is 0 Å². The lowest BCUT2D eigenvalue weighted by Gasteiger charge is -2.34. The molecule has 0 aromatic carbocycles. The Morgan fingerprint density at radius 2 is 2.12 bits per heavy atom. The predicted octanol–water partition coefficient (Wildman–Crippen LogP) is 1.17. The molecule has 1 fully saturated rings. The molecule has 0 aliphatic carbocycles. The Hall–Kier alpha value is -0.610. The first-order valence-electron chi connectivity index (χ1n) is 5.99. The minimum Gasteiger partial charge on any atom is -0.459 e. The van der Waals surface area contributed by atoms with E-state index in [0.717, 1.165) is 25.8 Å². The third-order valence-corrected chi connectivity index (χ3v) is 2.71. The maximum atomic E-state index is 11.6. The van der Waals surface area contributed by atoms with E-state index in [4.69, 9.17) is 4.74 Å². The number of piperidine rings is 1. The summed E-state index contributed by atoms with van der Waals surface area (Å²) in [6.45, 7) is 6.90. The van der Waals surface area contributed by atoms with Crippen molar-refractivity contribution < 1.29 is 14.6 Å². The number of esters is 1. The molecule has 1 aliphatic heterocycles. The fourth-order valence-corrected chi connectivity index (χ4v) is 2.01. The van der Waals surface area contributed by atoms with Crippen molar-refractivity contribution in [3.63, 3.8) is 0 Å². The molecule has 1 saturated heterocycles. The molecular formula is C12H23NO3. The van der Waals surface area contributed by atoms with Crippen LogP contribution in [-0.4, -0.2) is 47.3 Å². The summed E-state index contributed by atoms with van der Waals surface area (Å²) in [7, 11) is 0. The van der Waals surface area contributed by atoms with Crippen molar-refractivity contribution in [2.45, 2.75) is 51.7 Å². The van der Waals surface area contributed by atoms with Crippen molar-refractivity contribution in [1.29, 1.82) is 0 Å². The van der Waals surface area contributed by atoms with Gasteiger partial charge in [-0.3, -0.25) is 9.69 Å². The van der Waals surface area contributed by atoms with Gasteiger partial charge in [0.25, 0.3) is 0 Å². The molecular weight excluding hydrogens is 206 g/mol. The van der Waals surface area contributed by atoms with Crippen molar-refractivity contribution in [2.75, 3.05) is 19.7 Å². The summed E-state index contributed by atoms with van der Waals surface area (Å²) in [5.41, 5.74) is -0.429. The Kier molecular flexibility index (Phi) is 4.74. The molecule has 16 heavy (non-hydrogen) atoms. The Bertz CT molecular complexity index is 235. The van der Waals surface area contributed by atoms with Crippen molar-refractivity contribution in [2.24, 2.45) is 0 Å². The summed E-state index contributed by atoms with van der Waals surface area (Å²) in [5.74, 6) is -0.201. The molecule has 1 N–H and O–H groups in total. The molecule has 1 atom stereocenters. The highest BCUT2D eigenvalue weighted by atomic mass is 16.6. The topological polar surface area (TPSA) is 49.8 Å². The number of nitrogens with zero attached hydrogens (tertiary/aromatic N) is 1. The van der Waals surface area contributed by atoms with E-state index in [2.05, 4.69) is 0 Å². The van der Waals surface area contributed by atoms with Crippen LogP contribution in [0.1, 0.15) is 40.0 Å². The van der Waals surface area contributed by atoms with Crippen molar-refractivity contribution in [1.82, 2.24) is 4.90 Å². The third kappa shape index (κ3) is 4.49. The fourth-order valence-electron chi connectivity index (χ4n) is 2.01. The molecule has 4 nitrogen and oxygen atoms in total. The van der Waals surface area contributed by atoms with Crippen LogP contribution >= 0.6 is 0 Å². The molecule has 0 saturated carbocycles. The lowest BCUT2D eigenvalue weighted by Crippen LogP contribution is -2.45. The van der Waals surface area contributed by atoms with Gasteiger partial charge < -0.3 is 9.84 Å². The lowest BCUT2D eigenvalue weighted by molar-refractivity contribution is -0.157. The quantitative estimate of drug-likeness (QED) is 0.738. The van der Waals surface area contributed by atoms with Crippen LogP contribution in [0.25, 0.3) is 0 Å². The van der Waals surface area contributed by atoms with Gasteiger partial charge in [-0.25, -0.2) is 0 Å². The average Bonchev–Trinajstić information content (AvgIpc) is 2.15. The molecule has 0 amide bonds. The van der Waals surface area contributed by atoms with Gasteiger partial charge in [-0.05, 0) is 40.2 Å². The van der Waals surface area contributed by atoms with Crippen molar-refractivity contribution in [3.05, 3.63) is 0 Å². The van der Waals surface area contributed by atoms with Crippen LogP contribution < -0.4 is 0 Å². The van der Waals surface area contributed by atoms with Crippen LogP contribution in [0.2, 0.25) is 0 Å². The first-order chi connectivity index (χ1) is 7.42. The van der Waals surface area contributed by atoms with E-state index in [1.807, 2.05) is 25.7 Å². The number of carbonyl (C=O) groups excluding carboxylic acids is 1. The smallest absolute Gasteiger partial charge is 0.320 e. The highest BCUT2D eigenvalue weighted by Crippen LogP contribution is 2.17. The van der Waals surface area contributed by atoms with Crippen molar-refractivity contribution in [3.8, 4) is 0 Å². The number of hydrogen-bond donors (Lipinski definition) is 1. The zero-order chi connectivity index (χ0) is 12.2. The molecule has 1 unspecified atom stereocenters. The van der Waals surface area contributed by atoms with Gasteiger partial charge in [-0.1, -0.05) is 6.42 Å². The average molecular weight is 229 g/mol. The zero-order valence-electron chi connectivity index (χ0n) is 10.5. The van der Waals surface area contributed by atoms with Crippen LogP contribution in [-0.2, 0) is 9.53 Å². The Balaban J connectivity index is 2.42. The normalized spacial score (nSPS) is 23.1. The second-order valence-electron chi connectivity index (χ2n) is 5.39. The van der Waals surface area contributed by atoms with Gasteiger partial charge in [0.1, 0.15) is 5.60 Å². The molecule has 4 heteroatoms. The molecule has 0 aromatic heterocycles. The third-order valence-electron chi connectivity index (χ3n) is 2.71. The number of carbonyl (C=O) groups is 1. The number of likely N-dealkylation sites (tertiary alicyclic amines) is 1. The van der Waals surface area contributed by atoms with Gasteiger partial charge in [-0.15, -0.1) is 0 Å². The second kappa shape index (κ2) is 5.64. The van der Waals surface area contributed by atoms with Crippen molar-refractivity contribution >= 4 is 5.97 Å². The first-order valence-corrected chi connectivity index (χ1v) is 5.99. The number of ether oxygens (including phenoxy) is 1. The first kappa shape index (κ1) is 13.5. The van der Waals surface area contributed by atoms with Crippen LogP contribution in [0.4, 0.5) is 0 Å². The highest BCUT2D eigenvalue weighted by molar-refractivity contribution is 5.72. The fraction of sp³-hybridized carbons (Fsp3) is 0.917. The molecule has 0 aromatic rings. The van der Waals surface area contributed by atoms with E-state index in [1.54, 1.807) is 0 Å². The number of aliphatic hydroxyl groups excluding tert-OH is 1. The number of hydrogen-bond acceptors (Lipinski definition) is 4. The maximum Gasteiger partial charge on any atom is 0.320 e. The zero-order valence-corrected chi connectivity index (χ0v) is 10.5. The Morgan fingerprint density at radius 1 is 1.44 bits per heavy atom. The van der Waals surface area contributed by atoms with E-state index < -0.39 is 5.60 Å². The Morgan fingerprint density at radius 3 is 2.69 bits per heavy atom. The number of rotatable bonds is 3. The van der Waals surface area contributed by atoms with Gasteiger partial charge in [0.2, 0.25) is 0 Å². The molecule has 1 heterocycles. The van der Waals surface area contributed by atoms with E-state index >= 15 is 0 Å². The summed E-state index contributed by atoms with van der Waals surface area (Å²) in [6, 6.07) is 0.126. The molecule has 0 bridgehead atoms. The largest absolute Gasteiger partial charge is 0.459 e. The Labute approximate surface area is 97.6 Å². The SMILES string of the molecule is CC(C)(C)OC(=O)CN1CCCCC1CO. The van der Waals surface area contributed by atoms with Gasteiger partial charge in [0.05, 0.1) is 13.2 Å². The van der Waals surface area contributed by atoms with Crippen LogP contribution in [0.15, 0.2) is 0 Å². The molecule has 1 rings (SSSR count). The lowest BCUT2D eigenvalue weighted by atomic mass is 10.0. The van der Waals surface area contributed by atoms with E-state index in [9.17, 15) is 9.90 Å². The standard InChI is InChI=1S/C12H23NO3/c1-12(2,3)16-11(15)8-13-7-5-4-6-10(13)9-14/h10,14H,4-9H2,1-3H3. The molecule has 0 spiro atoms. The van der Waals surface area contributed by atoms with Gasteiger partial charge in [-0.2, -0.15) is 0 Å². The molecule has 94 valence electrons. The second-order valence-corrected chi connectivity index (χ2v) is 5.39. The highest BCUT2D eigenvalue weighted by Gasteiger charge is 2.25.